The number of methoxy groups -OCH3 is 1. The van der Waals surface area contributed by atoms with E-state index in [4.69, 9.17) is 9.15 Å². The Morgan fingerprint density at radius 3 is 2.61 bits per heavy atom. The molecule has 3 aromatic rings. The quantitative estimate of drug-likeness (QED) is 0.506. The number of rotatable bonds is 5. The van der Waals surface area contributed by atoms with Crippen molar-refractivity contribution in [2.75, 3.05) is 25.5 Å². The maximum atomic E-state index is 12.7. The smallest absolute Gasteiger partial charge is 0.420 e. The second kappa shape index (κ2) is 9.13. The maximum absolute atomic E-state index is 12.7. The maximum Gasteiger partial charge on any atom is 0.420 e. The minimum atomic E-state index is -0.589. The van der Waals surface area contributed by atoms with E-state index in [-0.39, 0.29) is 18.4 Å². The number of anilines is 1. The molecule has 1 fully saturated rings. The molecular formula is C22H22IN3O5. The topological polar surface area (TPSA) is 93.8 Å². The van der Waals surface area contributed by atoms with Crippen LogP contribution >= 0.6 is 22.6 Å². The summed E-state index contributed by atoms with van der Waals surface area (Å²) in [4.78, 5) is 39.5. The lowest BCUT2D eigenvalue weighted by molar-refractivity contribution is -0.132. The van der Waals surface area contributed by atoms with E-state index in [2.05, 4.69) is 27.9 Å². The number of nitrogens with zero attached hydrogens (tertiary/aromatic N) is 2. The number of benzene rings is 2. The number of nitrogens with one attached hydrogen (secondary N) is 1. The Morgan fingerprint density at radius 1 is 1.13 bits per heavy atom. The van der Waals surface area contributed by atoms with Gasteiger partial charge in [-0.1, -0.05) is 0 Å². The van der Waals surface area contributed by atoms with Gasteiger partial charge in [0, 0.05) is 22.3 Å². The van der Waals surface area contributed by atoms with Crippen LogP contribution in [0, 0.1) is 3.57 Å². The Hall–Kier alpha value is -2.82. The van der Waals surface area contributed by atoms with Gasteiger partial charge in [-0.25, -0.2) is 4.79 Å². The van der Waals surface area contributed by atoms with Gasteiger partial charge in [0.25, 0.3) is 5.91 Å². The number of ether oxygens (including phenoxy) is 1. The molecule has 1 aromatic heterocycles. The van der Waals surface area contributed by atoms with Crippen molar-refractivity contribution in [3.05, 3.63) is 56.1 Å². The highest BCUT2D eigenvalue weighted by molar-refractivity contribution is 14.1. The molecule has 1 N–H and O–H groups in total. The fraction of sp³-hybridized carbons (Fsp3) is 0.318. The first-order chi connectivity index (χ1) is 15.0. The number of fused-ring (bicyclic) bond motifs is 1. The third-order valence-electron chi connectivity index (χ3n) is 5.35. The van der Waals surface area contributed by atoms with Crippen LogP contribution in [0.3, 0.4) is 0 Å². The van der Waals surface area contributed by atoms with E-state index in [1.165, 1.54) is 4.57 Å². The third-order valence-corrected chi connectivity index (χ3v) is 6.24. The molecule has 0 bridgehead atoms. The van der Waals surface area contributed by atoms with E-state index in [0.29, 0.717) is 41.2 Å². The summed E-state index contributed by atoms with van der Waals surface area (Å²) < 4.78 is 12.5. The van der Waals surface area contributed by atoms with Gasteiger partial charge in [-0.2, -0.15) is 0 Å². The monoisotopic (exact) mass is 535 g/mol. The molecule has 0 aliphatic carbocycles. The van der Waals surface area contributed by atoms with Crippen LogP contribution in [0.1, 0.15) is 29.6 Å². The number of hydrogen-bond acceptors (Lipinski definition) is 5. The summed E-state index contributed by atoms with van der Waals surface area (Å²) in [5.41, 5.74) is 1.85. The number of halogens is 1. The first-order valence-corrected chi connectivity index (χ1v) is 11.1. The van der Waals surface area contributed by atoms with Crippen LogP contribution in [0.25, 0.3) is 11.1 Å². The van der Waals surface area contributed by atoms with Gasteiger partial charge in [-0.15, -0.1) is 0 Å². The third kappa shape index (κ3) is 4.60. The molecule has 0 radical (unpaired) electrons. The van der Waals surface area contributed by atoms with Crippen molar-refractivity contribution in [1.82, 2.24) is 9.47 Å². The van der Waals surface area contributed by atoms with Crippen LogP contribution in [0.4, 0.5) is 5.69 Å². The fourth-order valence-electron chi connectivity index (χ4n) is 3.67. The van der Waals surface area contributed by atoms with Crippen LogP contribution in [-0.2, 0) is 11.3 Å². The summed E-state index contributed by atoms with van der Waals surface area (Å²) in [5.74, 6) is -0.309. The summed E-state index contributed by atoms with van der Waals surface area (Å²) >= 11 is 2.08. The summed E-state index contributed by atoms with van der Waals surface area (Å²) in [6.07, 6.45) is 3.08. The average Bonchev–Trinajstić information content (AvgIpc) is 3.08. The van der Waals surface area contributed by atoms with Crippen LogP contribution in [0.5, 0.6) is 5.75 Å². The number of likely N-dealkylation sites (tertiary alicyclic amines) is 1. The van der Waals surface area contributed by atoms with E-state index in [9.17, 15) is 14.4 Å². The highest BCUT2D eigenvalue weighted by Crippen LogP contribution is 2.23. The number of amides is 2. The SMILES string of the molecule is COc1ccc(C(=O)Nc2ccc3oc(=O)n(CC(=O)N4CCCCC4)c3c2)c(I)c1. The van der Waals surface area contributed by atoms with Gasteiger partial charge in [-0.05, 0) is 78.3 Å². The van der Waals surface area contributed by atoms with Gasteiger partial charge in [-0.3, -0.25) is 14.2 Å². The van der Waals surface area contributed by atoms with Gasteiger partial charge < -0.3 is 19.4 Å². The van der Waals surface area contributed by atoms with Crippen LogP contribution < -0.4 is 15.8 Å². The first kappa shape index (κ1) is 21.4. The lowest BCUT2D eigenvalue weighted by Crippen LogP contribution is -2.39. The number of carbonyl (C=O) groups excluding carboxylic acids is 2. The minimum absolute atomic E-state index is 0.0837. The van der Waals surface area contributed by atoms with Crippen molar-refractivity contribution in [1.29, 1.82) is 0 Å². The second-order valence-corrected chi connectivity index (χ2v) is 8.54. The Balaban J connectivity index is 1.57. The van der Waals surface area contributed by atoms with E-state index < -0.39 is 5.76 Å². The molecule has 2 aromatic carbocycles. The Morgan fingerprint density at radius 2 is 1.90 bits per heavy atom. The lowest BCUT2D eigenvalue weighted by Gasteiger charge is -2.26. The Labute approximate surface area is 192 Å². The first-order valence-electron chi connectivity index (χ1n) is 10.0. The number of oxazole rings is 1. The summed E-state index contributed by atoms with van der Waals surface area (Å²) in [6, 6.07) is 10.1. The molecule has 0 unspecified atom stereocenters. The van der Waals surface area contributed by atoms with Gasteiger partial charge >= 0.3 is 5.76 Å². The molecule has 2 amide bonds. The average molecular weight is 535 g/mol. The van der Waals surface area contributed by atoms with E-state index in [1.54, 1.807) is 48.4 Å². The lowest BCUT2D eigenvalue weighted by atomic mass is 10.1. The molecule has 31 heavy (non-hydrogen) atoms. The molecule has 1 saturated heterocycles. The molecule has 0 atom stereocenters. The summed E-state index contributed by atoms with van der Waals surface area (Å²) in [7, 11) is 1.57. The van der Waals surface area contributed by atoms with Crippen LogP contribution in [0.15, 0.2) is 45.6 Å². The van der Waals surface area contributed by atoms with E-state index in [0.717, 1.165) is 22.8 Å². The van der Waals surface area contributed by atoms with Crippen LogP contribution in [-0.4, -0.2) is 41.5 Å². The van der Waals surface area contributed by atoms with Gasteiger partial charge in [0.1, 0.15) is 12.3 Å². The highest BCUT2D eigenvalue weighted by Gasteiger charge is 2.20. The van der Waals surface area contributed by atoms with Crippen molar-refractivity contribution in [3.8, 4) is 5.75 Å². The fourth-order valence-corrected chi connectivity index (χ4v) is 4.41. The van der Waals surface area contributed by atoms with Crippen molar-refractivity contribution >= 4 is 51.2 Å². The largest absolute Gasteiger partial charge is 0.497 e. The zero-order chi connectivity index (χ0) is 22.0. The zero-order valence-electron chi connectivity index (χ0n) is 17.0. The van der Waals surface area contributed by atoms with Crippen LogP contribution in [0.2, 0.25) is 0 Å². The summed E-state index contributed by atoms with van der Waals surface area (Å²) in [6.45, 7) is 1.34. The van der Waals surface area contributed by atoms with Crippen molar-refractivity contribution in [3.63, 3.8) is 0 Å². The predicted octanol–water partition coefficient (Wildman–Crippen LogP) is 3.47. The number of aromatic nitrogens is 1. The van der Waals surface area contributed by atoms with Crippen molar-refractivity contribution in [2.24, 2.45) is 0 Å². The number of carbonyl (C=O) groups is 2. The van der Waals surface area contributed by atoms with E-state index >= 15 is 0 Å². The highest BCUT2D eigenvalue weighted by atomic mass is 127. The Kier molecular flexibility index (Phi) is 6.30. The molecule has 0 spiro atoms. The van der Waals surface area contributed by atoms with Crippen molar-refractivity contribution in [2.45, 2.75) is 25.8 Å². The normalized spacial score (nSPS) is 13.9. The minimum Gasteiger partial charge on any atom is -0.497 e. The summed E-state index contributed by atoms with van der Waals surface area (Å²) in [5, 5.41) is 2.84. The predicted molar refractivity (Wildman–Crippen MR) is 125 cm³/mol. The molecule has 4 rings (SSSR count). The molecule has 8 nitrogen and oxygen atoms in total. The molecule has 1 aliphatic rings. The van der Waals surface area contributed by atoms with E-state index in [1.807, 2.05) is 0 Å². The van der Waals surface area contributed by atoms with Crippen molar-refractivity contribution < 1.29 is 18.7 Å². The standard InChI is InChI=1S/C22H22IN3O5/c1-30-15-6-7-16(17(23)12-15)21(28)24-14-5-8-19-18(11-14)26(22(29)31-19)13-20(27)25-9-3-2-4-10-25/h5-8,11-12H,2-4,9-10,13H2,1H3,(H,24,28). The molecule has 2 heterocycles. The number of hydrogen-bond donors (Lipinski definition) is 1. The molecule has 9 heteroatoms. The van der Waals surface area contributed by atoms with Gasteiger partial charge in [0.2, 0.25) is 5.91 Å². The molecule has 162 valence electrons. The van der Waals surface area contributed by atoms with Gasteiger partial charge in [0.05, 0.1) is 18.2 Å². The molecule has 1 aliphatic heterocycles. The molecule has 0 saturated carbocycles. The Bertz CT molecular complexity index is 1190. The second-order valence-electron chi connectivity index (χ2n) is 7.38. The number of piperidine rings is 1. The zero-order valence-corrected chi connectivity index (χ0v) is 19.2. The van der Waals surface area contributed by atoms with Gasteiger partial charge in [0.15, 0.2) is 5.58 Å². The molecular weight excluding hydrogens is 513 g/mol.